The molecule has 3 rings (SSSR count). The zero-order chi connectivity index (χ0) is 22.6. The SMILES string of the molecule is C=CCOC(=O)c1ccc(OCC(=O)COc2ccc(OCc3ccccc3)cc2)cc1. The highest BCUT2D eigenvalue weighted by Crippen LogP contribution is 2.19. The van der Waals surface area contributed by atoms with Crippen molar-refractivity contribution in [3.05, 3.63) is 103 Å². The van der Waals surface area contributed by atoms with E-state index in [4.69, 9.17) is 18.9 Å². The molecule has 6 nitrogen and oxygen atoms in total. The fourth-order valence-corrected chi connectivity index (χ4v) is 2.65. The lowest BCUT2D eigenvalue weighted by Crippen LogP contribution is -2.19. The number of hydrogen-bond donors (Lipinski definition) is 0. The van der Waals surface area contributed by atoms with Crippen molar-refractivity contribution in [1.82, 2.24) is 0 Å². The lowest BCUT2D eigenvalue weighted by molar-refractivity contribution is -0.123. The molecule has 0 unspecified atom stereocenters. The normalized spacial score (nSPS) is 10.1. The molecule has 0 spiro atoms. The molecule has 0 N–H and O–H groups in total. The predicted octanol–water partition coefficient (Wildman–Crippen LogP) is 4.64. The van der Waals surface area contributed by atoms with Gasteiger partial charge < -0.3 is 18.9 Å². The Balaban J connectivity index is 1.38. The first-order valence-electron chi connectivity index (χ1n) is 10.1. The maximum Gasteiger partial charge on any atom is 0.338 e. The van der Waals surface area contributed by atoms with Crippen LogP contribution in [0.5, 0.6) is 17.2 Å². The second kappa shape index (κ2) is 12.0. The van der Waals surface area contributed by atoms with E-state index in [1.54, 1.807) is 48.5 Å². The van der Waals surface area contributed by atoms with Gasteiger partial charge in [-0.3, -0.25) is 4.79 Å². The minimum Gasteiger partial charge on any atom is -0.489 e. The molecule has 0 saturated heterocycles. The number of ketones is 1. The van der Waals surface area contributed by atoms with Gasteiger partial charge in [0.25, 0.3) is 0 Å². The van der Waals surface area contributed by atoms with E-state index >= 15 is 0 Å². The first kappa shape index (κ1) is 22.6. The second-order valence-electron chi connectivity index (χ2n) is 6.77. The highest BCUT2D eigenvalue weighted by atomic mass is 16.5. The van der Waals surface area contributed by atoms with Crippen LogP contribution < -0.4 is 14.2 Å². The average molecular weight is 432 g/mol. The molecule has 3 aromatic rings. The Bertz CT molecular complexity index is 1010. The van der Waals surface area contributed by atoms with Gasteiger partial charge in [-0.1, -0.05) is 43.0 Å². The maximum atomic E-state index is 12.1. The van der Waals surface area contributed by atoms with Crippen LogP contribution in [0.3, 0.4) is 0 Å². The molecular formula is C26H24O6. The van der Waals surface area contributed by atoms with E-state index < -0.39 is 5.97 Å². The Kier molecular flexibility index (Phi) is 8.45. The number of esters is 1. The fourth-order valence-electron chi connectivity index (χ4n) is 2.65. The maximum absolute atomic E-state index is 12.1. The summed E-state index contributed by atoms with van der Waals surface area (Å²) in [4.78, 5) is 23.8. The van der Waals surface area contributed by atoms with Gasteiger partial charge in [0, 0.05) is 0 Å². The van der Waals surface area contributed by atoms with Gasteiger partial charge in [-0.15, -0.1) is 0 Å². The molecule has 3 aromatic carbocycles. The van der Waals surface area contributed by atoms with E-state index in [0.29, 0.717) is 29.4 Å². The van der Waals surface area contributed by atoms with Crippen LogP contribution in [0.4, 0.5) is 0 Å². The molecule has 32 heavy (non-hydrogen) atoms. The van der Waals surface area contributed by atoms with Gasteiger partial charge in [0.05, 0.1) is 5.56 Å². The monoisotopic (exact) mass is 432 g/mol. The lowest BCUT2D eigenvalue weighted by atomic mass is 10.2. The topological polar surface area (TPSA) is 71.1 Å². The summed E-state index contributed by atoms with van der Waals surface area (Å²) in [5.41, 5.74) is 1.48. The van der Waals surface area contributed by atoms with E-state index in [-0.39, 0.29) is 25.6 Å². The zero-order valence-electron chi connectivity index (χ0n) is 17.6. The van der Waals surface area contributed by atoms with Crippen LogP contribution in [-0.4, -0.2) is 31.6 Å². The van der Waals surface area contributed by atoms with Crippen LogP contribution in [0.1, 0.15) is 15.9 Å². The molecule has 0 radical (unpaired) electrons. The van der Waals surface area contributed by atoms with Crippen molar-refractivity contribution in [2.75, 3.05) is 19.8 Å². The van der Waals surface area contributed by atoms with Gasteiger partial charge in [0.1, 0.15) is 43.7 Å². The Labute approximate surface area is 187 Å². The van der Waals surface area contributed by atoms with Gasteiger partial charge in [0.15, 0.2) is 0 Å². The molecule has 0 atom stereocenters. The zero-order valence-corrected chi connectivity index (χ0v) is 17.6. The van der Waals surface area contributed by atoms with E-state index in [2.05, 4.69) is 6.58 Å². The predicted molar refractivity (Wildman–Crippen MR) is 120 cm³/mol. The third-order valence-electron chi connectivity index (χ3n) is 4.29. The van der Waals surface area contributed by atoms with Gasteiger partial charge in [-0.25, -0.2) is 4.79 Å². The minimum atomic E-state index is -0.447. The van der Waals surface area contributed by atoms with Crippen molar-refractivity contribution in [2.24, 2.45) is 0 Å². The molecule has 0 bridgehead atoms. The van der Waals surface area contributed by atoms with Crippen LogP contribution in [0, 0.1) is 0 Å². The summed E-state index contributed by atoms with van der Waals surface area (Å²) in [7, 11) is 0. The Morgan fingerprint density at radius 1 is 0.719 bits per heavy atom. The van der Waals surface area contributed by atoms with Gasteiger partial charge >= 0.3 is 5.97 Å². The molecule has 0 fully saturated rings. The van der Waals surface area contributed by atoms with Crippen molar-refractivity contribution in [3.63, 3.8) is 0 Å². The summed E-state index contributed by atoms with van der Waals surface area (Å²) in [5.74, 6) is 1.08. The van der Waals surface area contributed by atoms with Crippen molar-refractivity contribution < 1.29 is 28.5 Å². The molecule has 0 saturated carbocycles. The highest BCUT2D eigenvalue weighted by Gasteiger charge is 2.08. The summed E-state index contributed by atoms with van der Waals surface area (Å²) in [5, 5.41) is 0. The van der Waals surface area contributed by atoms with Crippen LogP contribution in [-0.2, 0) is 16.1 Å². The lowest BCUT2D eigenvalue weighted by Gasteiger charge is -2.09. The number of rotatable bonds is 12. The summed E-state index contributed by atoms with van der Waals surface area (Å²) in [6.07, 6.45) is 1.50. The quantitative estimate of drug-likeness (QED) is 0.307. The molecule has 0 heterocycles. The number of carbonyl (C=O) groups is 2. The van der Waals surface area contributed by atoms with Crippen LogP contribution >= 0.6 is 0 Å². The molecular weight excluding hydrogens is 408 g/mol. The number of ether oxygens (including phenoxy) is 4. The van der Waals surface area contributed by atoms with Gasteiger partial charge in [-0.2, -0.15) is 0 Å². The molecule has 6 heteroatoms. The Morgan fingerprint density at radius 3 is 1.81 bits per heavy atom. The van der Waals surface area contributed by atoms with Gasteiger partial charge in [0.2, 0.25) is 5.78 Å². The standard InChI is InChI=1S/C26H24O6/c1-2-16-29-26(28)21-8-10-23(11-9-21)31-18-22(27)19-32-25-14-12-24(13-15-25)30-17-20-6-4-3-5-7-20/h2-15H,1,16-19H2. The van der Waals surface area contributed by atoms with Crippen LogP contribution in [0.2, 0.25) is 0 Å². The molecule has 164 valence electrons. The van der Waals surface area contributed by atoms with Crippen LogP contribution in [0.15, 0.2) is 91.5 Å². The molecule has 0 amide bonds. The van der Waals surface area contributed by atoms with Crippen molar-refractivity contribution >= 4 is 11.8 Å². The van der Waals surface area contributed by atoms with E-state index in [1.807, 2.05) is 30.3 Å². The van der Waals surface area contributed by atoms with E-state index in [1.165, 1.54) is 6.08 Å². The third-order valence-corrected chi connectivity index (χ3v) is 4.29. The molecule has 0 aromatic heterocycles. The number of carbonyl (C=O) groups excluding carboxylic acids is 2. The fraction of sp³-hybridized carbons (Fsp3) is 0.154. The van der Waals surface area contributed by atoms with E-state index in [9.17, 15) is 9.59 Å². The summed E-state index contributed by atoms with van der Waals surface area (Å²) < 4.78 is 21.6. The minimum absolute atomic E-state index is 0.115. The number of Topliss-reactive ketones (excluding diaryl/α,β-unsaturated/α-hetero) is 1. The third kappa shape index (κ3) is 7.32. The molecule has 0 aliphatic heterocycles. The highest BCUT2D eigenvalue weighted by molar-refractivity contribution is 5.89. The smallest absolute Gasteiger partial charge is 0.338 e. The van der Waals surface area contributed by atoms with Crippen molar-refractivity contribution in [3.8, 4) is 17.2 Å². The van der Waals surface area contributed by atoms with Crippen molar-refractivity contribution in [2.45, 2.75) is 6.61 Å². The van der Waals surface area contributed by atoms with Crippen LogP contribution in [0.25, 0.3) is 0 Å². The van der Waals surface area contributed by atoms with Crippen molar-refractivity contribution in [1.29, 1.82) is 0 Å². The molecule has 0 aliphatic carbocycles. The number of benzene rings is 3. The first-order valence-corrected chi connectivity index (χ1v) is 10.1. The van der Waals surface area contributed by atoms with E-state index in [0.717, 1.165) is 5.56 Å². The largest absolute Gasteiger partial charge is 0.489 e. The average Bonchev–Trinajstić information content (AvgIpc) is 2.85. The first-order chi connectivity index (χ1) is 15.6. The summed E-state index contributed by atoms with van der Waals surface area (Å²) in [6.45, 7) is 3.86. The van der Waals surface area contributed by atoms with Gasteiger partial charge in [-0.05, 0) is 54.1 Å². The Hall–Kier alpha value is -4.06. The molecule has 0 aliphatic rings. The Morgan fingerprint density at radius 2 is 1.25 bits per heavy atom. The number of hydrogen-bond acceptors (Lipinski definition) is 6. The summed E-state index contributed by atoms with van der Waals surface area (Å²) >= 11 is 0. The summed E-state index contributed by atoms with van der Waals surface area (Å²) in [6, 6.07) is 23.3. The second-order valence-corrected chi connectivity index (χ2v) is 6.77.